The fourth-order valence-corrected chi connectivity index (χ4v) is 18.0. The number of aldehydes is 1. The smallest absolute Gasteiger partial charge is 0.870 e. The Balaban J connectivity index is 0.000000171. The van der Waals surface area contributed by atoms with E-state index in [1.165, 1.54) is 144 Å². The third-order valence-corrected chi connectivity index (χ3v) is 27.5. The Morgan fingerprint density at radius 1 is 0.456 bits per heavy atom. The van der Waals surface area contributed by atoms with Crippen LogP contribution in [0.15, 0.2) is 111 Å². The van der Waals surface area contributed by atoms with E-state index >= 15 is 0 Å². The van der Waals surface area contributed by atoms with Gasteiger partial charge in [0.05, 0.1) is 77.3 Å². The van der Waals surface area contributed by atoms with E-state index in [1.807, 2.05) is 75.8 Å². The van der Waals surface area contributed by atoms with Crippen LogP contribution in [0.25, 0.3) is 28.2 Å². The average Bonchev–Trinajstić information content (AvgIpc) is 1.63. The SMILES string of the molecule is C.C1CCOC1.CC(=O)c1cnn2ccc(N(C)CC3CC3)nc12.CC(=O)c1cnn2ccc(NCC3CC3)nc12.CN(CC1CC1)c1ccn2ncc(C(=O)Nc3cn(C4CCC(C=O)CC4)nc3C(F)F)c2n1.CN(CC1CC1)c1ccn2ncc(C(=O)Nc3cn(C4CCC(CO)CC4)nc3C(F)F)c2n1.CN(CC1CC1)c1ccn2ncc(C(=O)O)c2n1.Nc1cn(C2CCC(CO)CC2)nc1C(F)F.O.[2H][3H].[Li+].[OH-]. The van der Waals surface area contributed by atoms with Crippen LogP contribution in [0.5, 0.6) is 0 Å². The summed E-state index contributed by atoms with van der Waals surface area (Å²) in [6.07, 6.45) is 37.9. The number of aromatic nitrogens is 21. The molecule has 9 aliphatic rings. The monoisotopic (exact) mass is 2050 g/mol. The van der Waals surface area contributed by atoms with Gasteiger partial charge in [-0.1, -0.05) is 7.43 Å². The third kappa shape index (κ3) is 29.5. The fourth-order valence-electron chi connectivity index (χ4n) is 18.0. The number of nitrogen functional groups attached to an aromatic ring is 1. The predicted octanol–water partition coefficient (Wildman–Crippen LogP) is 12.2. The minimum absolute atomic E-state index is 0. The van der Waals surface area contributed by atoms with Crippen molar-refractivity contribution in [3.8, 4) is 0 Å². The van der Waals surface area contributed by atoms with E-state index in [9.17, 15) is 60.2 Å². The zero-order valence-electron chi connectivity index (χ0n) is 85.1. The molecule has 41 nitrogen and oxygen atoms in total. The number of aliphatic hydroxyl groups is 2. The molecule has 0 radical (unpaired) electrons. The number of nitrogens with two attached hydrogens (primary N) is 1. The number of nitrogens with one attached hydrogen (secondary N) is 3. The van der Waals surface area contributed by atoms with Crippen LogP contribution in [0, 0.1) is 47.3 Å². The molecule has 9 fully saturated rings. The van der Waals surface area contributed by atoms with Crippen LogP contribution >= 0.6 is 0 Å². The van der Waals surface area contributed by atoms with Crippen molar-refractivity contribution < 1.29 is 108 Å². The van der Waals surface area contributed by atoms with Gasteiger partial charge in [0, 0.05) is 146 Å². The number of carboxylic acids is 1. The Labute approximate surface area is 860 Å². The molecule has 0 unspecified atom stereocenters. The number of carbonyl (C=O) groups is 6. The summed E-state index contributed by atoms with van der Waals surface area (Å²) < 4.78 is 107. The first kappa shape index (κ1) is 111. The molecule has 2 amide bonds. The van der Waals surface area contributed by atoms with Gasteiger partial charge in [-0.3, -0.25) is 33.2 Å². The van der Waals surface area contributed by atoms with Gasteiger partial charge in [-0.05, 0) is 240 Å². The van der Waals surface area contributed by atoms with Crippen LogP contribution in [0.2, 0.25) is 0 Å². The van der Waals surface area contributed by atoms with Crippen molar-refractivity contribution in [2.24, 2.45) is 47.3 Å². The number of alkyl halides is 6. The number of aromatic carboxylic acids is 1. The molecule has 14 heterocycles. The molecule has 13 aromatic rings. The summed E-state index contributed by atoms with van der Waals surface area (Å²) in [7, 11) is 7.94. The summed E-state index contributed by atoms with van der Waals surface area (Å²) in [5.41, 5.74) is 8.34. The minimum atomic E-state index is -2.84. The molecule has 1 saturated heterocycles. The van der Waals surface area contributed by atoms with Gasteiger partial charge in [0.25, 0.3) is 31.1 Å². The Morgan fingerprint density at radius 2 is 0.755 bits per heavy atom. The Morgan fingerprint density at radius 3 is 1.06 bits per heavy atom. The van der Waals surface area contributed by atoms with E-state index in [1.54, 1.807) is 51.6 Å². The number of Topliss-reactive ketones (excluding diaryl/α,β-unsaturated/α-hetero) is 2. The molecular formula is C99H134F6LiN29O12. The molecule has 0 bridgehead atoms. The number of amides is 2. The number of hydrogen-bond acceptors (Lipinski definition) is 29. The molecule has 22 rings (SSSR count). The van der Waals surface area contributed by atoms with Gasteiger partial charge in [-0.25, -0.2) is 78.6 Å². The van der Waals surface area contributed by atoms with Gasteiger partial charge in [0.2, 0.25) is 0 Å². The molecule has 0 atom stereocenters. The molecule has 13 aromatic heterocycles. The van der Waals surface area contributed by atoms with Crippen molar-refractivity contribution in [2.75, 3.05) is 129 Å². The van der Waals surface area contributed by atoms with Crippen molar-refractivity contribution in [3.63, 3.8) is 0 Å². The Kier molecular flexibility index (Phi) is 38.9. The van der Waals surface area contributed by atoms with Crippen LogP contribution in [0.4, 0.5) is 72.5 Å². The molecule has 147 heavy (non-hydrogen) atoms. The number of anilines is 8. The van der Waals surface area contributed by atoms with Crippen LogP contribution in [0.1, 0.15) is 285 Å². The Bertz CT molecular complexity index is 6440. The van der Waals surface area contributed by atoms with Crippen molar-refractivity contribution >= 4 is 110 Å². The normalized spacial score (nSPS) is 18.8. The molecule has 1 aliphatic heterocycles. The Hall–Kier alpha value is -13.1. The summed E-state index contributed by atoms with van der Waals surface area (Å²) in [5.74, 6) is 6.13. The number of nitrogens with zero attached hydrogens (tertiary/aromatic N) is 25. The number of rotatable bonds is 31. The standard InChI is InChI=1S/C23H29F2N7O2.C23H27F2N7O2.C13H16N4O.C12H14N4O2.C12H14N4O.C11H17F2N3O.C4H8O.CH4.Li.2H2O.H2/c2*1-30(11-14-2-3-14)19-8-9-31-22(28-19)17(10-26-31)23(34)27-18-12-32(29-20(18)21(24)25)16-6-4-15(13-33)5-7-16;1-9(18)11-7-14-17-6-5-12(15-13(11)17)16(2)8-10-3-4-10;1-15(7-8-2-3-8)10-4-5-16-11(14-10)9(6-13-16)12(17)18;1-8(17)10-7-14-16-5-4-11(15-12(10)16)13-6-9-2-3-9;12-11(13)10-9(14)5-16(15-10)8-3-1-7(6-17)2-4-8;1-2-4-5-3-1;;;;;/h8-10,12,14-16,21,33H,2-7,11,13H2,1H3,(H,27,34);8-10,12-16,21H,2-7,11H2,1H3,(H,27,34);5-7,10H,3-4,8H2,1-2H3;4-6,8H,2-3,7H2,1H3,(H,17,18);4-5,7,9H,2-3,6H2,1H3,(H,13,15);5,7-8,11,17H,1-4,6,14H2;1-4H2;1H4;;2*1H2;1H/q;;;;;;;;+1;;;/p-1/i;;;;;;;;;;;1+2D. The molecule has 48 heteroatoms. The first-order chi connectivity index (χ1) is 70.0. The summed E-state index contributed by atoms with van der Waals surface area (Å²) in [4.78, 5) is 102. The van der Waals surface area contributed by atoms with E-state index < -0.39 is 48.4 Å². The number of carboxylic acid groups (broad SMARTS) is 1. The summed E-state index contributed by atoms with van der Waals surface area (Å²) in [6, 6.07) is 9.37. The van der Waals surface area contributed by atoms with Gasteiger partial charge in [0.15, 0.2) is 56.9 Å². The quantitative estimate of drug-likeness (QED) is 0.00918. The maximum absolute atomic E-state index is 13.7. The molecule has 11 N–H and O–H groups in total. The van der Waals surface area contributed by atoms with Gasteiger partial charge in [0.1, 0.15) is 52.1 Å². The largest absolute Gasteiger partial charge is 1.00 e. The second kappa shape index (κ2) is 51.5. The summed E-state index contributed by atoms with van der Waals surface area (Å²) in [6.45, 7) is 10.2. The van der Waals surface area contributed by atoms with Crippen LogP contribution in [-0.2, 0) is 9.53 Å². The number of ether oxygens (including phenoxy) is 1. The number of hydrogen-bond donors (Lipinski definition) is 7. The van der Waals surface area contributed by atoms with Crippen LogP contribution in [0.3, 0.4) is 0 Å². The fraction of sp³-hybridized carbons (Fsp3) is 0.545. The minimum Gasteiger partial charge on any atom is -0.870 e. The zero-order valence-corrected chi connectivity index (χ0v) is 83.1. The number of halogens is 6. The van der Waals surface area contributed by atoms with E-state index in [-0.39, 0.29) is 131 Å². The van der Waals surface area contributed by atoms with Crippen molar-refractivity contribution in [1.82, 2.24) is 102 Å². The van der Waals surface area contributed by atoms with Crippen LogP contribution in [-0.4, -0.2) is 252 Å². The van der Waals surface area contributed by atoms with Gasteiger partial charge in [-0.15, -0.1) is 0 Å². The van der Waals surface area contributed by atoms with E-state index in [0.717, 1.165) is 150 Å². The molecule has 8 saturated carbocycles. The zero-order chi connectivity index (χ0) is 103. The van der Waals surface area contributed by atoms with Gasteiger partial charge >= 0.3 is 24.8 Å². The van der Waals surface area contributed by atoms with Crippen molar-refractivity contribution in [2.45, 2.75) is 213 Å². The third-order valence-electron chi connectivity index (χ3n) is 27.5. The molecule has 8 aliphatic carbocycles. The van der Waals surface area contributed by atoms with Gasteiger partial charge < -0.3 is 77.1 Å². The number of carbonyl (C=O) groups excluding carboxylic acids is 5. The molecule has 790 valence electrons. The topological polar surface area (TPSA) is 513 Å². The second-order valence-electron chi connectivity index (χ2n) is 38.9. The molecule has 0 aromatic carbocycles. The number of aliphatic hydroxyl groups excluding tert-OH is 2. The van der Waals surface area contributed by atoms with Gasteiger partial charge in [-0.2, -0.15) is 40.8 Å². The molecular weight excluding hydrogens is 1910 g/mol. The number of ketones is 2. The van der Waals surface area contributed by atoms with E-state index in [4.69, 9.17) is 23.7 Å². The summed E-state index contributed by atoms with van der Waals surface area (Å²) in [5, 5.41) is 68.5. The predicted molar refractivity (Wildman–Crippen MR) is 537 cm³/mol. The second-order valence-corrected chi connectivity index (χ2v) is 38.9. The molecule has 0 spiro atoms. The summed E-state index contributed by atoms with van der Waals surface area (Å²) >= 11 is 0. The van der Waals surface area contributed by atoms with E-state index in [0.29, 0.717) is 82.8 Å². The number of fused-ring (bicyclic) bond motifs is 5. The van der Waals surface area contributed by atoms with E-state index in [2.05, 4.69) is 96.4 Å². The first-order valence-corrected chi connectivity index (χ1v) is 49.3. The first-order valence-electron chi connectivity index (χ1n) is 50.3. The van der Waals surface area contributed by atoms with Crippen molar-refractivity contribution in [3.05, 3.63) is 156 Å². The van der Waals surface area contributed by atoms with Crippen molar-refractivity contribution in [1.29, 1.82) is 0 Å². The average molecular weight is 2050 g/mol. The maximum atomic E-state index is 13.7. The maximum Gasteiger partial charge on any atom is 1.00 e. The van der Waals surface area contributed by atoms with Crippen LogP contribution < -0.4 is 60.1 Å².